The fourth-order valence-electron chi connectivity index (χ4n) is 4.40. The standard InChI is InChI=1S/C24H23F3N6O.C2HF3O2/c1-13-11-14(25)5-6-16(13)20-17-12-29-24(34)33(21-18(26)3-2-4-19(21)27)22(17)32-23(31-20)30-15-7-9-28-10-8-15;3-2(4,5)1(6)7/h2-6,11,15,28H,7-10,12H2,1H3,(H,29,34)(H,30,31,32);(H,6,7). The van der Waals surface area contributed by atoms with E-state index in [0.29, 0.717) is 22.4 Å². The van der Waals surface area contributed by atoms with Crippen LogP contribution in [0.15, 0.2) is 36.4 Å². The lowest BCUT2D eigenvalue weighted by Crippen LogP contribution is -2.43. The van der Waals surface area contributed by atoms with Crippen LogP contribution < -0.4 is 20.9 Å². The summed E-state index contributed by atoms with van der Waals surface area (Å²) in [5.41, 5.74) is 1.69. The van der Waals surface area contributed by atoms with Crippen LogP contribution in [0.3, 0.4) is 0 Å². The van der Waals surface area contributed by atoms with Crippen LogP contribution in [0.5, 0.6) is 0 Å². The molecular formula is C26H24F6N6O3. The Morgan fingerprint density at radius 2 is 1.71 bits per heavy atom. The van der Waals surface area contributed by atoms with Gasteiger partial charge in [0.1, 0.15) is 23.1 Å². The first-order chi connectivity index (χ1) is 19.4. The zero-order valence-corrected chi connectivity index (χ0v) is 21.5. The average molecular weight is 583 g/mol. The van der Waals surface area contributed by atoms with Crippen LogP contribution in [0.2, 0.25) is 0 Å². The third kappa shape index (κ3) is 6.67. The van der Waals surface area contributed by atoms with Crippen LogP contribution in [0.25, 0.3) is 11.3 Å². The molecule has 1 saturated heterocycles. The number of carboxylic acid groups (broad SMARTS) is 1. The minimum atomic E-state index is -5.08. The van der Waals surface area contributed by atoms with Gasteiger partial charge in [-0.05, 0) is 68.8 Å². The molecule has 0 spiro atoms. The normalized spacial score (nSPS) is 15.4. The number of hydrogen-bond acceptors (Lipinski definition) is 6. The minimum Gasteiger partial charge on any atom is -0.475 e. The zero-order chi connectivity index (χ0) is 29.9. The number of halogens is 6. The van der Waals surface area contributed by atoms with Crippen molar-refractivity contribution in [2.24, 2.45) is 0 Å². The van der Waals surface area contributed by atoms with Gasteiger partial charge in [0.2, 0.25) is 5.95 Å². The molecule has 2 aliphatic heterocycles. The molecule has 15 heteroatoms. The number of carbonyl (C=O) groups is 2. The van der Waals surface area contributed by atoms with Crippen LogP contribution >= 0.6 is 0 Å². The molecule has 2 aliphatic rings. The van der Waals surface area contributed by atoms with Crippen molar-refractivity contribution in [1.29, 1.82) is 0 Å². The van der Waals surface area contributed by atoms with Crippen molar-refractivity contribution >= 4 is 29.5 Å². The van der Waals surface area contributed by atoms with Gasteiger partial charge in [0, 0.05) is 17.2 Å². The summed E-state index contributed by atoms with van der Waals surface area (Å²) >= 11 is 0. The lowest BCUT2D eigenvalue weighted by Gasteiger charge is -2.31. The smallest absolute Gasteiger partial charge is 0.475 e. The Morgan fingerprint density at radius 1 is 1.07 bits per heavy atom. The summed E-state index contributed by atoms with van der Waals surface area (Å²) < 4.78 is 75.0. The van der Waals surface area contributed by atoms with Gasteiger partial charge in [0.15, 0.2) is 5.82 Å². The number of carbonyl (C=O) groups excluding carboxylic acids is 1. The number of aryl methyl sites for hydroxylation is 1. The minimum absolute atomic E-state index is 0.0561. The predicted molar refractivity (Wildman–Crippen MR) is 136 cm³/mol. The molecule has 218 valence electrons. The van der Waals surface area contributed by atoms with Gasteiger partial charge in [-0.15, -0.1) is 0 Å². The summed E-state index contributed by atoms with van der Waals surface area (Å²) in [6.45, 7) is 3.48. The first kappa shape index (κ1) is 29.6. The molecule has 0 aliphatic carbocycles. The monoisotopic (exact) mass is 582 g/mol. The first-order valence-electron chi connectivity index (χ1n) is 12.3. The molecule has 3 heterocycles. The van der Waals surface area contributed by atoms with E-state index in [-0.39, 0.29) is 30.2 Å². The molecular weight excluding hydrogens is 558 g/mol. The number of aliphatic carboxylic acids is 1. The van der Waals surface area contributed by atoms with Crippen LogP contribution in [0, 0.1) is 24.4 Å². The highest BCUT2D eigenvalue weighted by Gasteiger charge is 2.38. The summed E-state index contributed by atoms with van der Waals surface area (Å²) in [6, 6.07) is 7.11. The van der Waals surface area contributed by atoms with Crippen molar-refractivity contribution in [1.82, 2.24) is 20.6 Å². The van der Waals surface area contributed by atoms with E-state index in [1.807, 2.05) is 0 Å². The van der Waals surface area contributed by atoms with E-state index in [4.69, 9.17) is 14.9 Å². The molecule has 0 saturated carbocycles. The van der Waals surface area contributed by atoms with Crippen LogP contribution in [0.4, 0.5) is 48.6 Å². The largest absolute Gasteiger partial charge is 0.490 e. The van der Waals surface area contributed by atoms with Crippen molar-refractivity contribution in [3.05, 3.63) is 65.0 Å². The maximum atomic E-state index is 14.7. The van der Waals surface area contributed by atoms with Gasteiger partial charge in [-0.1, -0.05) is 6.07 Å². The van der Waals surface area contributed by atoms with Crippen LogP contribution in [-0.2, 0) is 11.3 Å². The van der Waals surface area contributed by atoms with E-state index in [0.717, 1.165) is 43.0 Å². The summed E-state index contributed by atoms with van der Waals surface area (Å²) in [5.74, 6) is -4.62. The lowest BCUT2D eigenvalue weighted by molar-refractivity contribution is -0.192. The topological polar surface area (TPSA) is 119 Å². The number of para-hydroxylation sites is 1. The Kier molecular flexibility index (Phi) is 8.66. The fraction of sp³-hybridized carbons (Fsp3) is 0.308. The Morgan fingerprint density at radius 3 is 2.29 bits per heavy atom. The zero-order valence-electron chi connectivity index (χ0n) is 21.5. The summed E-state index contributed by atoms with van der Waals surface area (Å²) in [5, 5.41) is 16.4. The summed E-state index contributed by atoms with van der Waals surface area (Å²) in [6.07, 6.45) is -3.39. The number of carboxylic acids is 1. The molecule has 0 unspecified atom stereocenters. The molecule has 3 aromatic rings. The molecule has 41 heavy (non-hydrogen) atoms. The molecule has 9 nitrogen and oxygen atoms in total. The number of aromatic nitrogens is 2. The Hall–Kier alpha value is -4.40. The first-order valence-corrected chi connectivity index (χ1v) is 12.3. The van der Waals surface area contributed by atoms with Gasteiger partial charge < -0.3 is 21.1 Å². The third-order valence-corrected chi connectivity index (χ3v) is 6.34. The second-order valence-electron chi connectivity index (χ2n) is 9.19. The molecule has 5 rings (SSSR count). The quantitative estimate of drug-likeness (QED) is 0.319. The van der Waals surface area contributed by atoms with Gasteiger partial charge >= 0.3 is 18.2 Å². The van der Waals surface area contributed by atoms with E-state index in [1.54, 1.807) is 13.0 Å². The van der Waals surface area contributed by atoms with Crippen molar-refractivity contribution < 1.29 is 41.0 Å². The van der Waals surface area contributed by atoms with Crippen molar-refractivity contribution in [3.63, 3.8) is 0 Å². The van der Waals surface area contributed by atoms with Gasteiger partial charge in [-0.3, -0.25) is 0 Å². The number of anilines is 3. The highest BCUT2D eigenvalue weighted by molar-refractivity contribution is 6.02. The van der Waals surface area contributed by atoms with Crippen LogP contribution in [-0.4, -0.2) is 52.4 Å². The lowest BCUT2D eigenvalue weighted by atomic mass is 10.00. The predicted octanol–water partition coefficient (Wildman–Crippen LogP) is 5.03. The van der Waals surface area contributed by atoms with Gasteiger partial charge in [-0.25, -0.2) is 32.6 Å². The number of amides is 2. The number of rotatable bonds is 4. The van der Waals surface area contributed by atoms with E-state index < -0.39 is 35.5 Å². The number of piperidine rings is 1. The van der Waals surface area contributed by atoms with Gasteiger partial charge in [0.25, 0.3) is 0 Å². The van der Waals surface area contributed by atoms with Gasteiger partial charge in [-0.2, -0.15) is 18.2 Å². The van der Waals surface area contributed by atoms with E-state index in [2.05, 4.69) is 20.9 Å². The van der Waals surface area contributed by atoms with Gasteiger partial charge in [0.05, 0.1) is 12.2 Å². The number of benzene rings is 2. The molecule has 4 N–H and O–H groups in total. The van der Waals surface area contributed by atoms with E-state index in [1.165, 1.54) is 18.2 Å². The molecule has 1 aromatic heterocycles. The van der Waals surface area contributed by atoms with Crippen molar-refractivity contribution in [2.45, 2.75) is 38.5 Å². The Balaban J connectivity index is 0.000000493. The number of fused-ring (bicyclic) bond motifs is 1. The number of nitrogens with one attached hydrogen (secondary N) is 3. The second-order valence-corrected chi connectivity index (χ2v) is 9.19. The molecule has 2 aromatic carbocycles. The molecule has 0 radical (unpaired) electrons. The maximum absolute atomic E-state index is 14.7. The Bertz CT molecular complexity index is 1440. The van der Waals surface area contributed by atoms with Crippen molar-refractivity contribution in [2.75, 3.05) is 23.3 Å². The highest BCUT2D eigenvalue weighted by atomic mass is 19.4. The number of nitrogens with zero attached hydrogens (tertiary/aromatic N) is 3. The summed E-state index contributed by atoms with van der Waals surface area (Å²) in [4.78, 5) is 31.9. The fourth-order valence-corrected chi connectivity index (χ4v) is 4.40. The van der Waals surface area contributed by atoms with Crippen molar-refractivity contribution in [3.8, 4) is 11.3 Å². The number of alkyl halides is 3. The van der Waals surface area contributed by atoms with E-state index in [9.17, 15) is 31.1 Å². The molecule has 1 fully saturated rings. The molecule has 0 bridgehead atoms. The second kappa shape index (κ2) is 12.0. The molecule has 0 atom stereocenters. The van der Waals surface area contributed by atoms with Crippen LogP contribution in [0.1, 0.15) is 24.0 Å². The summed E-state index contributed by atoms with van der Waals surface area (Å²) in [7, 11) is 0. The average Bonchev–Trinajstić information content (AvgIpc) is 2.90. The number of hydrogen-bond donors (Lipinski definition) is 4. The third-order valence-electron chi connectivity index (χ3n) is 6.34. The Labute approximate surface area is 229 Å². The van der Waals surface area contributed by atoms with E-state index >= 15 is 0 Å². The SMILES string of the molecule is Cc1cc(F)ccc1-c1nc(NC2CCNCC2)nc2c1CNC(=O)N2c1c(F)cccc1F.O=C(O)C(F)(F)F. The number of urea groups is 1. The highest BCUT2D eigenvalue weighted by Crippen LogP contribution is 2.39. The maximum Gasteiger partial charge on any atom is 0.490 e. The molecule has 2 amide bonds.